The second kappa shape index (κ2) is 5.57. The largest absolute Gasteiger partial charge is 0.347 e. The molecule has 0 aliphatic heterocycles. The van der Waals surface area contributed by atoms with E-state index in [1.165, 1.54) is 24.0 Å². The van der Waals surface area contributed by atoms with Gasteiger partial charge in [0.1, 0.15) is 0 Å². The Hall–Kier alpha value is -1.35. The number of carbonyl (C=O) groups is 1. The summed E-state index contributed by atoms with van der Waals surface area (Å²) in [7, 11) is 0. The maximum Gasteiger partial charge on any atom is 0.223 e. The fourth-order valence-electron chi connectivity index (χ4n) is 3.60. The standard InChI is InChI=1S/C17H24N2O/c1-11-6-8-12(9-7-11)17(20)19-16-14-5-3-2-4-13(14)10-15(16)18/h2-5,11-12,15-16H,6-10,18H2,1H3,(H,19,20). The van der Waals surface area contributed by atoms with Gasteiger partial charge in [0, 0.05) is 12.0 Å². The maximum atomic E-state index is 12.4. The van der Waals surface area contributed by atoms with Crippen molar-refractivity contribution in [3.05, 3.63) is 35.4 Å². The van der Waals surface area contributed by atoms with E-state index in [-0.39, 0.29) is 23.9 Å². The van der Waals surface area contributed by atoms with Gasteiger partial charge in [-0.05, 0) is 49.1 Å². The minimum atomic E-state index is -0.00181. The Morgan fingerprint density at radius 3 is 2.65 bits per heavy atom. The highest BCUT2D eigenvalue weighted by atomic mass is 16.1. The molecule has 2 atom stereocenters. The second-order valence-corrected chi connectivity index (χ2v) is 6.51. The van der Waals surface area contributed by atoms with E-state index in [2.05, 4.69) is 24.4 Å². The normalized spacial score (nSPS) is 32.7. The Morgan fingerprint density at radius 2 is 1.90 bits per heavy atom. The smallest absolute Gasteiger partial charge is 0.223 e. The van der Waals surface area contributed by atoms with E-state index in [1.807, 2.05) is 12.1 Å². The van der Waals surface area contributed by atoms with Gasteiger partial charge < -0.3 is 11.1 Å². The molecule has 3 rings (SSSR count). The number of fused-ring (bicyclic) bond motifs is 1. The van der Waals surface area contributed by atoms with Gasteiger partial charge in [-0.1, -0.05) is 31.2 Å². The number of nitrogens with one attached hydrogen (secondary N) is 1. The van der Waals surface area contributed by atoms with E-state index in [0.717, 1.165) is 25.2 Å². The van der Waals surface area contributed by atoms with E-state index < -0.39 is 0 Å². The molecule has 1 fully saturated rings. The van der Waals surface area contributed by atoms with Crippen LogP contribution in [0.25, 0.3) is 0 Å². The van der Waals surface area contributed by atoms with Gasteiger partial charge in [0.2, 0.25) is 5.91 Å². The molecule has 0 bridgehead atoms. The Kier molecular flexibility index (Phi) is 3.79. The van der Waals surface area contributed by atoms with Crippen LogP contribution in [0.3, 0.4) is 0 Å². The highest BCUT2D eigenvalue weighted by molar-refractivity contribution is 5.79. The predicted octanol–water partition coefficient (Wildman–Crippen LogP) is 2.55. The molecule has 0 spiro atoms. The maximum absolute atomic E-state index is 12.4. The van der Waals surface area contributed by atoms with Crippen LogP contribution in [0.1, 0.15) is 49.8 Å². The van der Waals surface area contributed by atoms with E-state index in [4.69, 9.17) is 5.73 Å². The fraction of sp³-hybridized carbons (Fsp3) is 0.588. The average Bonchev–Trinajstić information content (AvgIpc) is 2.76. The molecule has 3 heteroatoms. The number of hydrogen-bond acceptors (Lipinski definition) is 2. The van der Waals surface area contributed by atoms with Crippen LogP contribution in [0, 0.1) is 11.8 Å². The van der Waals surface area contributed by atoms with Gasteiger partial charge in [-0.3, -0.25) is 4.79 Å². The van der Waals surface area contributed by atoms with Crippen molar-refractivity contribution in [2.75, 3.05) is 0 Å². The first-order valence-electron chi connectivity index (χ1n) is 7.79. The molecule has 0 heterocycles. The predicted molar refractivity (Wildman–Crippen MR) is 80.1 cm³/mol. The summed E-state index contributed by atoms with van der Waals surface area (Å²) in [6.45, 7) is 2.28. The second-order valence-electron chi connectivity index (χ2n) is 6.51. The van der Waals surface area contributed by atoms with Crippen LogP contribution in [0.5, 0.6) is 0 Å². The van der Waals surface area contributed by atoms with Crippen LogP contribution in [0.15, 0.2) is 24.3 Å². The van der Waals surface area contributed by atoms with Crippen LogP contribution >= 0.6 is 0 Å². The summed E-state index contributed by atoms with van der Waals surface area (Å²) >= 11 is 0. The minimum absolute atomic E-state index is 0.00181. The number of rotatable bonds is 2. The van der Waals surface area contributed by atoms with Gasteiger partial charge in [0.25, 0.3) is 0 Å². The molecule has 0 aromatic heterocycles. The highest BCUT2D eigenvalue weighted by Crippen LogP contribution is 2.32. The van der Waals surface area contributed by atoms with Gasteiger partial charge in [-0.25, -0.2) is 0 Å². The lowest BCUT2D eigenvalue weighted by Gasteiger charge is -2.27. The quantitative estimate of drug-likeness (QED) is 0.869. The van der Waals surface area contributed by atoms with Crippen LogP contribution in [0.4, 0.5) is 0 Å². The molecule has 2 aliphatic carbocycles. The lowest BCUT2D eigenvalue weighted by molar-refractivity contribution is -0.127. The molecule has 2 unspecified atom stereocenters. The number of nitrogens with two attached hydrogens (primary N) is 1. The van der Waals surface area contributed by atoms with Gasteiger partial charge >= 0.3 is 0 Å². The van der Waals surface area contributed by atoms with Gasteiger partial charge in [0.05, 0.1) is 6.04 Å². The van der Waals surface area contributed by atoms with E-state index >= 15 is 0 Å². The van der Waals surface area contributed by atoms with Gasteiger partial charge in [-0.15, -0.1) is 0 Å². The number of carbonyl (C=O) groups excluding carboxylic acids is 1. The molecule has 108 valence electrons. The van der Waals surface area contributed by atoms with Crippen LogP contribution < -0.4 is 11.1 Å². The lowest BCUT2D eigenvalue weighted by Crippen LogP contribution is -2.41. The molecule has 1 aromatic rings. The van der Waals surface area contributed by atoms with Crippen molar-refractivity contribution >= 4 is 5.91 Å². The van der Waals surface area contributed by atoms with Crippen molar-refractivity contribution in [2.45, 2.75) is 51.1 Å². The molecule has 0 radical (unpaired) electrons. The summed E-state index contributed by atoms with van der Waals surface area (Å²) in [5, 5.41) is 3.21. The first-order chi connectivity index (χ1) is 9.65. The first-order valence-corrected chi connectivity index (χ1v) is 7.79. The number of benzene rings is 1. The monoisotopic (exact) mass is 272 g/mol. The highest BCUT2D eigenvalue weighted by Gasteiger charge is 2.33. The average molecular weight is 272 g/mol. The van der Waals surface area contributed by atoms with Gasteiger partial charge in [-0.2, -0.15) is 0 Å². The topological polar surface area (TPSA) is 55.1 Å². The Labute approximate surface area is 120 Å². The van der Waals surface area contributed by atoms with Crippen molar-refractivity contribution in [1.29, 1.82) is 0 Å². The summed E-state index contributed by atoms with van der Waals surface area (Å²) in [6.07, 6.45) is 5.26. The Bertz CT molecular complexity index is 492. The third-order valence-corrected chi connectivity index (χ3v) is 4.96. The third-order valence-electron chi connectivity index (χ3n) is 4.96. The summed E-state index contributed by atoms with van der Waals surface area (Å²) in [4.78, 5) is 12.4. The molecule has 3 N–H and O–H groups in total. The molecule has 2 aliphatic rings. The summed E-state index contributed by atoms with van der Waals surface area (Å²) in [6, 6.07) is 8.29. The number of hydrogen-bond donors (Lipinski definition) is 2. The van der Waals surface area contributed by atoms with Crippen molar-refractivity contribution < 1.29 is 4.79 Å². The van der Waals surface area contributed by atoms with Crippen molar-refractivity contribution in [3.8, 4) is 0 Å². The summed E-state index contributed by atoms with van der Waals surface area (Å²) < 4.78 is 0. The Balaban J connectivity index is 1.67. The van der Waals surface area contributed by atoms with Crippen molar-refractivity contribution in [2.24, 2.45) is 17.6 Å². The zero-order valence-electron chi connectivity index (χ0n) is 12.1. The van der Waals surface area contributed by atoms with Crippen LogP contribution in [-0.2, 0) is 11.2 Å². The van der Waals surface area contributed by atoms with Gasteiger partial charge in [0.15, 0.2) is 0 Å². The van der Waals surface area contributed by atoms with E-state index in [0.29, 0.717) is 0 Å². The minimum Gasteiger partial charge on any atom is -0.347 e. The SMILES string of the molecule is CC1CCC(C(=O)NC2c3ccccc3CC2N)CC1. The Morgan fingerprint density at radius 1 is 1.20 bits per heavy atom. The molecule has 3 nitrogen and oxygen atoms in total. The van der Waals surface area contributed by atoms with Crippen LogP contribution in [0.2, 0.25) is 0 Å². The zero-order chi connectivity index (χ0) is 14.1. The molecule has 20 heavy (non-hydrogen) atoms. The van der Waals surface area contributed by atoms with Crippen LogP contribution in [-0.4, -0.2) is 11.9 Å². The number of amides is 1. The van der Waals surface area contributed by atoms with E-state index in [1.54, 1.807) is 0 Å². The third kappa shape index (κ3) is 2.59. The molecular formula is C17H24N2O. The van der Waals surface area contributed by atoms with Crippen molar-refractivity contribution in [1.82, 2.24) is 5.32 Å². The summed E-state index contributed by atoms with van der Waals surface area (Å²) in [5.74, 6) is 1.16. The molecule has 1 aromatic carbocycles. The van der Waals surface area contributed by atoms with Crippen molar-refractivity contribution in [3.63, 3.8) is 0 Å². The molecule has 0 saturated heterocycles. The lowest BCUT2D eigenvalue weighted by atomic mass is 9.82. The molecule has 1 saturated carbocycles. The molecule has 1 amide bonds. The fourth-order valence-corrected chi connectivity index (χ4v) is 3.60. The van der Waals surface area contributed by atoms with E-state index in [9.17, 15) is 4.79 Å². The zero-order valence-corrected chi connectivity index (χ0v) is 12.1. The first kappa shape index (κ1) is 13.6. The summed E-state index contributed by atoms with van der Waals surface area (Å²) in [5.41, 5.74) is 8.70. The molecular weight excluding hydrogens is 248 g/mol.